The maximum Gasteiger partial charge on any atom is 0.200 e. The Kier molecular flexibility index (Phi) is 6.71. The lowest BCUT2D eigenvalue weighted by atomic mass is 10.1. The normalized spacial score (nSPS) is 14.9. The number of nitrogens with zero attached hydrogens (tertiary/aromatic N) is 2. The number of aryl methyl sites for hydroxylation is 1. The van der Waals surface area contributed by atoms with E-state index < -0.39 is 0 Å². The van der Waals surface area contributed by atoms with Crippen LogP contribution < -0.4 is 15.1 Å². The van der Waals surface area contributed by atoms with Crippen molar-refractivity contribution in [3.8, 4) is 5.75 Å². The van der Waals surface area contributed by atoms with E-state index in [1.165, 1.54) is 0 Å². The smallest absolute Gasteiger partial charge is 0.200 e. The first-order valence-corrected chi connectivity index (χ1v) is 9.50. The summed E-state index contributed by atoms with van der Waals surface area (Å²) >= 11 is 0. The highest BCUT2D eigenvalue weighted by Gasteiger charge is 2.17. The number of hydrogen-bond acceptors (Lipinski definition) is 7. The van der Waals surface area contributed by atoms with Crippen molar-refractivity contribution in [2.24, 2.45) is 0 Å². The third kappa shape index (κ3) is 4.61. The van der Waals surface area contributed by atoms with Gasteiger partial charge in [-0.15, -0.1) is 0 Å². The molecular weight excluding hydrogens is 348 g/mol. The SMILES string of the molecule is CCN(CCO)CCOc1ccc2c(=O)cc(N3CCOCC3)oc2c1C. The predicted octanol–water partition coefficient (Wildman–Crippen LogP) is 1.63. The summed E-state index contributed by atoms with van der Waals surface area (Å²) in [4.78, 5) is 16.7. The molecule has 0 saturated carbocycles. The van der Waals surface area contributed by atoms with Gasteiger partial charge in [0.2, 0.25) is 0 Å². The van der Waals surface area contributed by atoms with Crippen LogP contribution in [-0.4, -0.2) is 69.2 Å². The van der Waals surface area contributed by atoms with Crippen molar-refractivity contribution in [1.82, 2.24) is 4.90 Å². The molecule has 2 aromatic rings. The number of benzene rings is 1. The Hall–Kier alpha value is -2.09. The van der Waals surface area contributed by atoms with Crippen LogP contribution >= 0.6 is 0 Å². The topological polar surface area (TPSA) is 75.4 Å². The number of likely N-dealkylation sites (N-methyl/N-ethyl adjacent to an activating group) is 1. The van der Waals surface area contributed by atoms with Gasteiger partial charge in [0.1, 0.15) is 17.9 Å². The van der Waals surface area contributed by atoms with Crippen molar-refractivity contribution < 1.29 is 19.0 Å². The first-order valence-electron chi connectivity index (χ1n) is 9.50. The average Bonchev–Trinajstić information content (AvgIpc) is 2.70. The molecule has 1 aromatic carbocycles. The molecule has 0 amide bonds. The van der Waals surface area contributed by atoms with Crippen molar-refractivity contribution in [2.75, 3.05) is 64.1 Å². The number of ether oxygens (including phenoxy) is 2. The van der Waals surface area contributed by atoms with Gasteiger partial charge in [-0.25, -0.2) is 0 Å². The lowest BCUT2D eigenvalue weighted by Crippen LogP contribution is -2.36. The highest BCUT2D eigenvalue weighted by atomic mass is 16.5. The zero-order valence-corrected chi connectivity index (χ0v) is 16.1. The minimum atomic E-state index is -0.0486. The van der Waals surface area contributed by atoms with Gasteiger partial charge in [0.05, 0.1) is 25.2 Å². The van der Waals surface area contributed by atoms with Crippen LogP contribution in [-0.2, 0) is 4.74 Å². The molecule has 7 heteroatoms. The van der Waals surface area contributed by atoms with E-state index >= 15 is 0 Å². The van der Waals surface area contributed by atoms with Gasteiger partial charge in [-0.2, -0.15) is 0 Å². The quantitative estimate of drug-likeness (QED) is 0.750. The molecule has 1 aromatic heterocycles. The summed E-state index contributed by atoms with van der Waals surface area (Å²) in [5.41, 5.74) is 1.35. The van der Waals surface area contributed by atoms with Crippen LogP contribution in [0.25, 0.3) is 11.0 Å². The molecular formula is C20H28N2O5. The van der Waals surface area contributed by atoms with Crippen molar-refractivity contribution in [3.05, 3.63) is 34.0 Å². The molecule has 1 aliphatic rings. The Balaban J connectivity index is 1.81. The first-order chi connectivity index (χ1) is 13.1. The molecule has 1 N–H and O–H groups in total. The van der Waals surface area contributed by atoms with E-state index in [0.717, 1.165) is 18.7 Å². The molecule has 0 spiro atoms. The van der Waals surface area contributed by atoms with Gasteiger partial charge in [0, 0.05) is 37.8 Å². The minimum absolute atomic E-state index is 0.0486. The number of morpholine rings is 1. The number of anilines is 1. The summed E-state index contributed by atoms with van der Waals surface area (Å²) in [6.07, 6.45) is 0. The fraction of sp³-hybridized carbons (Fsp3) is 0.550. The second-order valence-corrected chi connectivity index (χ2v) is 6.62. The molecule has 1 fully saturated rings. The number of aliphatic hydroxyl groups is 1. The molecule has 1 saturated heterocycles. The Bertz CT molecular complexity index is 814. The van der Waals surface area contributed by atoms with Crippen molar-refractivity contribution in [2.45, 2.75) is 13.8 Å². The fourth-order valence-corrected chi connectivity index (χ4v) is 3.27. The molecule has 0 aliphatic carbocycles. The summed E-state index contributed by atoms with van der Waals surface area (Å²) in [5, 5.41) is 9.63. The van der Waals surface area contributed by atoms with Gasteiger partial charge in [0.25, 0.3) is 0 Å². The maximum absolute atomic E-state index is 12.5. The molecule has 0 atom stereocenters. The van der Waals surface area contributed by atoms with Gasteiger partial charge in [-0.05, 0) is 25.6 Å². The molecule has 0 radical (unpaired) electrons. The number of hydrogen-bond donors (Lipinski definition) is 1. The van der Waals surface area contributed by atoms with Crippen LogP contribution in [0.3, 0.4) is 0 Å². The van der Waals surface area contributed by atoms with Crippen LogP contribution in [0.15, 0.2) is 27.4 Å². The highest BCUT2D eigenvalue weighted by molar-refractivity contribution is 5.82. The van der Waals surface area contributed by atoms with Crippen LogP contribution in [0.4, 0.5) is 5.88 Å². The second-order valence-electron chi connectivity index (χ2n) is 6.62. The molecule has 2 heterocycles. The molecule has 27 heavy (non-hydrogen) atoms. The van der Waals surface area contributed by atoms with Gasteiger partial charge < -0.3 is 23.9 Å². The van der Waals surface area contributed by atoms with Crippen LogP contribution in [0, 0.1) is 6.92 Å². The number of fused-ring (bicyclic) bond motifs is 1. The van der Waals surface area contributed by atoms with E-state index in [-0.39, 0.29) is 12.0 Å². The fourth-order valence-electron chi connectivity index (χ4n) is 3.27. The summed E-state index contributed by atoms with van der Waals surface area (Å²) in [5.74, 6) is 1.29. The summed E-state index contributed by atoms with van der Waals surface area (Å²) in [6.45, 7) is 9.51. The van der Waals surface area contributed by atoms with Crippen LogP contribution in [0.1, 0.15) is 12.5 Å². The molecule has 7 nitrogen and oxygen atoms in total. The maximum atomic E-state index is 12.5. The van der Waals surface area contributed by atoms with E-state index in [9.17, 15) is 4.79 Å². The van der Waals surface area contributed by atoms with E-state index in [1.54, 1.807) is 12.1 Å². The third-order valence-corrected chi connectivity index (χ3v) is 4.93. The second kappa shape index (κ2) is 9.21. The number of rotatable bonds is 8. The Morgan fingerprint density at radius 2 is 2.04 bits per heavy atom. The molecule has 0 bridgehead atoms. The molecule has 1 aliphatic heterocycles. The van der Waals surface area contributed by atoms with E-state index in [2.05, 4.69) is 11.8 Å². The van der Waals surface area contributed by atoms with Crippen molar-refractivity contribution in [3.63, 3.8) is 0 Å². The Labute approximate surface area is 159 Å². The van der Waals surface area contributed by atoms with E-state index in [4.69, 9.17) is 19.0 Å². The van der Waals surface area contributed by atoms with Gasteiger partial charge in [0.15, 0.2) is 11.3 Å². The van der Waals surface area contributed by atoms with Crippen LogP contribution in [0.5, 0.6) is 5.75 Å². The highest BCUT2D eigenvalue weighted by Crippen LogP contribution is 2.28. The largest absolute Gasteiger partial charge is 0.492 e. The monoisotopic (exact) mass is 376 g/mol. The average molecular weight is 376 g/mol. The summed E-state index contributed by atoms with van der Waals surface area (Å²) in [7, 11) is 0. The van der Waals surface area contributed by atoms with E-state index in [1.807, 2.05) is 17.9 Å². The van der Waals surface area contributed by atoms with Gasteiger partial charge in [-0.3, -0.25) is 9.69 Å². The van der Waals surface area contributed by atoms with Crippen LogP contribution in [0.2, 0.25) is 0 Å². The zero-order chi connectivity index (χ0) is 19.2. The third-order valence-electron chi connectivity index (χ3n) is 4.93. The minimum Gasteiger partial charge on any atom is -0.492 e. The van der Waals surface area contributed by atoms with Crippen molar-refractivity contribution >= 4 is 16.9 Å². The Morgan fingerprint density at radius 3 is 2.74 bits per heavy atom. The summed E-state index contributed by atoms with van der Waals surface area (Å²) in [6, 6.07) is 5.14. The Morgan fingerprint density at radius 1 is 1.26 bits per heavy atom. The zero-order valence-electron chi connectivity index (χ0n) is 16.1. The van der Waals surface area contributed by atoms with Gasteiger partial charge >= 0.3 is 0 Å². The number of aliphatic hydroxyl groups excluding tert-OH is 1. The molecule has 3 rings (SSSR count). The van der Waals surface area contributed by atoms with Gasteiger partial charge in [-0.1, -0.05) is 6.92 Å². The standard InChI is InChI=1S/C20H28N2O5/c1-3-21(6-10-23)7-13-26-18-5-4-16-17(24)14-19(27-20(16)15(18)2)22-8-11-25-12-9-22/h4-5,14,23H,3,6-13H2,1-2H3. The predicted molar refractivity (Wildman–Crippen MR) is 105 cm³/mol. The lowest BCUT2D eigenvalue weighted by molar-refractivity contribution is 0.121. The first kappa shape index (κ1) is 19.7. The lowest BCUT2D eigenvalue weighted by Gasteiger charge is -2.27. The molecule has 0 unspecified atom stereocenters. The molecule has 148 valence electrons. The summed E-state index contributed by atoms with van der Waals surface area (Å²) < 4.78 is 17.4. The van der Waals surface area contributed by atoms with Crippen molar-refractivity contribution in [1.29, 1.82) is 0 Å². The van der Waals surface area contributed by atoms with E-state index in [0.29, 0.717) is 62.1 Å².